The predicted molar refractivity (Wildman–Crippen MR) is 142 cm³/mol. The Balaban J connectivity index is 1.64. The van der Waals surface area contributed by atoms with Gasteiger partial charge in [-0.1, -0.05) is 18.2 Å². The van der Waals surface area contributed by atoms with Gasteiger partial charge in [0, 0.05) is 36.5 Å². The second-order valence-electron chi connectivity index (χ2n) is 8.78. The van der Waals surface area contributed by atoms with E-state index in [0.717, 1.165) is 33.9 Å². The van der Waals surface area contributed by atoms with Crippen molar-refractivity contribution in [3.63, 3.8) is 0 Å². The van der Waals surface area contributed by atoms with Gasteiger partial charge in [-0.15, -0.1) is 0 Å². The standard InChI is InChI=1S/C28H27N5O2S/c1-18-16-22(19(2)33(18)24-10-5-4-8-21(24)27(34)35-3)26-25(23-9-6-7-13-30-23)31-28(36)32(26)17-20-11-14-29-15-12-20/h4-16,25-26H,17H2,1-3H3,(H,31,36). The van der Waals surface area contributed by atoms with Crippen molar-refractivity contribution in [2.24, 2.45) is 0 Å². The molecule has 2 atom stereocenters. The first-order valence-corrected chi connectivity index (χ1v) is 12.1. The third-order valence-corrected chi connectivity index (χ3v) is 6.99. The van der Waals surface area contributed by atoms with Crippen LogP contribution in [-0.4, -0.2) is 37.6 Å². The number of aromatic nitrogens is 3. The molecule has 1 fully saturated rings. The number of nitrogens with one attached hydrogen (secondary N) is 1. The Morgan fingerprint density at radius 2 is 1.81 bits per heavy atom. The summed E-state index contributed by atoms with van der Waals surface area (Å²) in [6.07, 6.45) is 5.39. The highest BCUT2D eigenvalue weighted by Crippen LogP contribution is 2.42. The first-order chi connectivity index (χ1) is 17.5. The summed E-state index contributed by atoms with van der Waals surface area (Å²) in [5, 5.41) is 4.19. The average Bonchev–Trinajstić information content (AvgIpc) is 3.39. The maximum absolute atomic E-state index is 12.5. The molecular weight excluding hydrogens is 470 g/mol. The van der Waals surface area contributed by atoms with Gasteiger partial charge in [-0.25, -0.2) is 4.79 Å². The number of carbonyl (C=O) groups excluding carboxylic acids is 1. The lowest BCUT2D eigenvalue weighted by atomic mass is 9.96. The van der Waals surface area contributed by atoms with Crippen LogP contribution in [0.3, 0.4) is 0 Å². The largest absolute Gasteiger partial charge is 0.465 e. The van der Waals surface area contributed by atoms with Gasteiger partial charge in [0.05, 0.1) is 36.1 Å². The van der Waals surface area contributed by atoms with E-state index in [-0.39, 0.29) is 18.1 Å². The molecule has 1 N–H and O–H groups in total. The summed E-state index contributed by atoms with van der Waals surface area (Å²) in [6.45, 7) is 4.76. The number of methoxy groups -OCH3 is 1. The summed E-state index contributed by atoms with van der Waals surface area (Å²) >= 11 is 5.84. The number of pyridine rings is 2. The van der Waals surface area contributed by atoms with Crippen LogP contribution >= 0.6 is 12.2 Å². The number of hydrogen-bond acceptors (Lipinski definition) is 5. The fourth-order valence-corrected chi connectivity index (χ4v) is 5.31. The fraction of sp³-hybridized carbons (Fsp3) is 0.214. The molecule has 4 heterocycles. The molecule has 36 heavy (non-hydrogen) atoms. The SMILES string of the molecule is COC(=O)c1ccccc1-n1c(C)cc(C2C(c3ccccn3)NC(=S)N2Cc2ccncc2)c1C. The van der Waals surface area contributed by atoms with Crippen LogP contribution in [-0.2, 0) is 11.3 Å². The van der Waals surface area contributed by atoms with Gasteiger partial charge in [-0.2, -0.15) is 0 Å². The molecular formula is C28H27N5O2S. The number of benzene rings is 1. The molecule has 1 aliphatic rings. The Hall–Kier alpha value is -4.04. The summed E-state index contributed by atoms with van der Waals surface area (Å²) in [6, 6.07) is 19.4. The zero-order valence-electron chi connectivity index (χ0n) is 20.4. The summed E-state index contributed by atoms with van der Waals surface area (Å²) in [7, 11) is 1.40. The van der Waals surface area contributed by atoms with E-state index in [1.54, 1.807) is 24.7 Å². The number of rotatable bonds is 6. The zero-order chi connectivity index (χ0) is 25.2. The Labute approximate surface area is 215 Å². The van der Waals surface area contributed by atoms with E-state index < -0.39 is 0 Å². The van der Waals surface area contributed by atoms with Gasteiger partial charge in [0.25, 0.3) is 0 Å². The molecule has 0 radical (unpaired) electrons. The quantitative estimate of drug-likeness (QED) is 0.302. The van der Waals surface area contributed by atoms with Gasteiger partial charge in [0.15, 0.2) is 5.11 Å². The van der Waals surface area contributed by atoms with Crippen LogP contribution < -0.4 is 5.32 Å². The third-order valence-electron chi connectivity index (χ3n) is 6.64. The Kier molecular flexibility index (Phi) is 6.52. The van der Waals surface area contributed by atoms with E-state index in [0.29, 0.717) is 17.2 Å². The minimum Gasteiger partial charge on any atom is -0.465 e. The molecule has 0 spiro atoms. The lowest BCUT2D eigenvalue weighted by molar-refractivity contribution is 0.0600. The molecule has 2 unspecified atom stereocenters. The van der Waals surface area contributed by atoms with Crippen molar-refractivity contribution >= 4 is 23.3 Å². The van der Waals surface area contributed by atoms with Gasteiger partial charge in [0.2, 0.25) is 0 Å². The Morgan fingerprint density at radius 3 is 2.53 bits per heavy atom. The van der Waals surface area contributed by atoms with Crippen LogP contribution in [0.1, 0.15) is 50.7 Å². The first kappa shape index (κ1) is 23.7. The number of nitrogens with zero attached hydrogens (tertiary/aromatic N) is 4. The molecule has 8 heteroatoms. The summed E-state index contributed by atoms with van der Waals surface area (Å²) in [5.74, 6) is -0.367. The fourth-order valence-electron chi connectivity index (χ4n) is 5.01. The van der Waals surface area contributed by atoms with E-state index >= 15 is 0 Å². The van der Waals surface area contributed by atoms with Crippen LogP contribution in [0.5, 0.6) is 0 Å². The highest BCUT2D eigenvalue weighted by atomic mass is 32.1. The molecule has 0 bridgehead atoms. The van der Waals surface area contributed by atoms with E-state index in [2.05, 4.69) is 37.7 Å². The van der Waals surface area contributed by atoms with Gasteiger partial charge in [-0.3, -0.25) is 9.97 Å². The third kappa shape index (κ3) is 4.24. The van der Waals surface area contributed by atoms with Crippen molar-refractivity contribution in [3.05, 3.63) is 113 Å². The molecule has 1 saturated heterocycles. The number of hydrogen-bond donors (Lipinski definition) is 1. The second-order valence-corrected chi connectivity index (χ2v) is 9.17. The Morgan fingerprint density at radius 1 is 1.06 bits per heavy atom. The van der Waals surface area contributed by atoms with Crippen molar-refractivity contribution in [1.82, 2.24) is 24.8 Å². The monoisotopic (exact) mass is 497 g/mol. The van der Waals surface area contributed by atoms with Gasteiger partial charge in [0.1, 0.15) is 0 Å². The molecule has 3 aromatic heterocycles. The lowest BCUT2D eigenvalue weighted by Crippen LogP contribution is -2.29. The van der Waals surface area contributed by atoms with Crippen LogP contribution in [0.4, 0.5) is 0 Å². The van der Waals surface area contributed by atoms with Gasteiger partial charge >= 0.3 is 5.97 Å². The molecule has 0 aliphatic carbocycles. The van der Waals surface area contributed by atoms with Crippen molar-refractivity contribution in [2.45, 2.75) is 32.5 Å². The minimum atomic E-state index is -0.367. The molecule has 182 valence electrons. The highest BCUT2D eigenvalue weighted by molar-refractivity contribution is 7.80. The molecule has 1 aliphatic heterocycles. The summed E-state index contributed by atoms with van der Waals surface area (Å²) < 4.78 is 7.17. The van der Waals surface area contributed by atoms with Gasteiger partial charge in [-0.05, 0) is 79.7 Å². The van der Waals surface area contributed by atoms with E-state index in [9.17, 15) is 4.79 Å². The van der Waals surface area contributed by atoms with Crippen LogP contribution in [0.15, 0.2) is 79.3 Å². The maximum Gasteiger partial charge on any atom is 0.339 e. The Bertz CT molecular complexity index is 1400. The smallest absolute Gasteiger partial charge is 0.339 e. The number of para-hydroxylation sites is 1. The van der Waals surface area contributed by atoms with Gasteiger partial charge < -0.3 is 19.5 Å². The molecule has 0 amide bonds. The van der Waals surface area contributed by atoms with E-state index in [4.69, 9.17) is 17.0 Å². The molecule has 5 rings (SSSR count). The average molecular weight is 498 g/mol. The summed E-state index contributed by atoms with van der Waals surface area (Å²) in [5.41, 5.74) is 6.50. The topological polar surface area (TPSA) is 72.3 Å². The van der Waals surface area contributed by atoms with Crippen LogP contribution in [0.2, 0.25) is 0 Å². The number of ether oxygens (including phenoxy) is 1. The lowest BCUT2D eigenvalue weighted by Gasteiger charge is -2.28. The number of thiocarbonyl (C=S) groups is 1. The van der Waals surface area contributed by atoms with Crippen LogP contribution in [0, 0.1) is 13.8 Å². The molecule has 7 nitrogen and oxygen atoms in total. The van der Waals surface area contributed by atoms with Crippen molar-refractivity contribution in [2.75, 3.05) is 7.11 Å². The molecule has 4 aromatic rings. The van der Waals surface area contributed by atoms with Crippen molar-refractivity contribution < 1.29 is 9.53 Å². The predicted octanol–water partition coefficient (Wildman–Crippen LogP) is 4.84. The van der Waals surface area contributed by atoms with Crippen molar-refractivity contribution in [3.8, 4) is 5.69 Å². The first-order valence-electron chi connectivity index (χ1n) is 11.7. The minimum absolute atomic E-state index is 0.106. The maximum atomic E-state index is 12.5. The van der Waals surface area contributed by atoms with Crippen LogP contribution in [0.25, 0.3) is 5.69 Å². The van der Waals surface area contributed by atoms with Crippen molar-refractivity contribution in [1.29, 1.82) is 0 Å². The van der Waals surface area contributed by atoms with E-state index in [1.807, 2.05) is 55.5 Å². The molecule has 1 aromatic carbocycles. The number of esters is 1. The normalized spacial score (nSPS) is 17.2. The van der Waals surface area contributed by atoms with E-state index in [1.165, 1.54) is 7.11 Å². The molecule has 0 saturated carbocycles. The summed E-state index contributed by atoms with van der Waals surface area (Å²) in [4.78, 5) is 23.6. The zero-order valence-corrected chi connectivity index (χ0v) is 21.2. The second kappa shape index (κ2) is 9.91. The highest BCUT2D eigenvalue weighted by Gasteiger charge is 2.41. The number of carbonyl (C=O) groups is 1. The number of aryl methyl sites for hydroxylation is 1.